The van der Waals surface area contributed by atoms with Gasteiger partial charge in [-0.05, 0) is 23.8 Å². The van der Waals surface area contributed by atoms with Crippen molar-refractivity contribution in [2.45, 2.75) is 18.5 Å². The quantitative estimate of drug-likeness (QED) is 0.420. The van der Waals surface area contributed by atoms with Crippen LogP contribution < -0.4 is 5.01 Å². The van der Waals surface area contributed by atoms with Crippen LogP contribution in [0, 0.1) is 5.41 Å². The van der Waals surface area contributed by atoms with Crippen molar-refractivity contribution < 1.29 is 23.9 Å². The third kappa shape index (κ3) is 3.09. The largest absolute Gasteiger partial charge is 0.468 e. The Kier molecular flexibility index (Phi) is 5.57. The van der Waals surface area contributed by atoms with Gasteiger partial charge in [-0.3, -0.25) is 19.4 Å². The van der Waals surface area contributed by atoms with Crippen molar-refractivity contribution in [3.63, 3.8) is 0 Å². The predicted molar refractivity (Wildman–Crippen MR) is 119 cm³/mol. The monoisotopic (exact) mass is 432 g/mol. The summed E-state index contributed by atoms with van der Waals surface area (Å²) in [6.45, 7) is 3.90. The van der Waals surface area contributed by atoms with Crippen molar-refractivity contribution in [3.05, 3.63) is 84.5 Å². The highest BCUT2D eigenvalue weighted by Crippen LogP contribution is 2.47. The number of carbonyl (C=O) groups is 3. The van der Waals surface area contributed by atoms with Gasteiger partial charge in [-0.25, -0.2) is 5.01 Å². The maximum atomic E-state index is 13.7. The Labute approximate surface area is 186 Å². The Morgan fingerprint density at radius 2 is 1.62 bits per heavy atom. The second kappa shape index (κ2) is 8.34. The molecule has 0 aliphatic carbocycles. The van der Waals surface area contributed by atoms with Gasteiger partial charge >= 0.3 is 11.9 Å². The Morgan fingerprint density at radius 1 is 1.00 bits per heavy atom. The molecular formula is C25H24N2O5. The second-order valence-electron chi connectivity index (χ2n) is 7.68. The van der Waals surface area contributed by atoms with E-state index in [4.69, 9.17) is 9.47 Å². The molecule has 1 fully saturated rings. The van der Waals surface area contributed by atoms with Crippen molar-refractivity contribution in [1.29, 1.82) is 0 Å². The smallest absolute Gasteiger partial charge is 0.325 e. The zero-order valence-corrected chi connectivity index (χ0v) is 17.9. The van der Waals surface area contributed by atoms with Gasteiger partial charge in [0.2, 0.25) is 0 Å². The summed E-state index contributed by atoms with van der Waals surface area (Å²) in [5, 5.41) is 3.27. The number of methoxy groups -OCH3 is 2. The summed E-state index contributed by atoms with van der Waals surface area (Å²) in [5.41, 5.74) is 0.338. The number of nitrogens with zero attached hydrogens (tertiary/aromatic N) is 2. The third-order valence-electron chi connectivity index (χ3n) is 6.09. The lowest BCUT2D eigenvalue weighted by Gasteiger charge is -2.55. The highest BCUT2D eigenvalue weighted by molar-refractivity contribution is 6.04. The van der Waals surface area contributed by atoms with Crippen molar-refractivity contribution in [2.24, 2.45) is 5.41 Å². The zero-order valence-electron chi connectivity index (χ0n) is 17.9. The number of carbonyl (C=O) groups excluding carboxylic acids is 3. The molecule has 1 amide bonds. The van der Waals surface area contributed by atoms with Crippen LogP contribution in [0.25, 0.3) is 6.08 Å². The molecule has 0 spiro atoms. The van der Waals surface area contributed by atoms with Gasteiger partial charge < -0.3 is 9.47 Å². The van der Waals surface area contributed by atoms with Crippen LogP contribution >= 0.6 is 0 Å². The number of hydrogen-bond acceptors (Lipinski definition) is 6. The Balaban J connectivity index is 1.96. The van der Waals surface area contributed by atoms with Gasteiger partial charge in [-0.2, -0.15) is 0 Å². The number of ether oxygens (including phenoxy) is 2. The Bertz CT molecular complexity index is 1080. The molecule has 0 aromatic heterocycles. The summed E-state index contributed by atoms with van der Waals surface area (Å²) in [5.74, 6) is -1.71. The highest BCUT2D eigenvalue weighted by atomic mass is 16.5. The molecule has 0 bridgehead atoms. The van der Waals surface area contributed by atoms with Crippen LogP contribution in [-0.4, -0.2) is 49.2 Å². The SMILES string of the molecule is C=C[C@H]1CC(C(=O)OC)(C(=O)OC)[C@@H]2C=Cc3ccccc3N2N1C(=O)c1ccccc1. The van der Waals surface area contributed by atoms with Gasteiger partial charge in [-0.15, -0.1) is 6.58 Å². The lowest BCUT2D eigenvalue weighted by molar-refractivity contribution is -0.174. The van der Waals surface area contributed by atoms with Gasteiger partial charge in [0.25, 0.3) is 5.91 Å². The van der Waals surface area contributed by atoms with Crippen LogP contribution in [0.1, 0.15) is 22.3 Å². The van der Waals surface area contributed by atoms with E-state index in [1.807, 2.05) is 36.4 Å². The average molecular weight is 432 g/mol. The summed E-state index contributed by atoms with van der Waals surface area (Å²) in [6, 6.07) is 14.8. The van der Waals surface area contributed by atoms with Gasteiger partial charge in [0.15, 0.2) is 5.41 Å². The third-order valence-corrected chi connectivity index (χ3v) is 6.09. The maximum Gasteiger partial charge on any atom is 0.325 e. The molecule has 2 aromatic carbocycles. The van der Waals surface area contributed by atoms with Crippen LogP contribution in [0.2, 0.25) is 0 Å². The van der Waals surface area contributed by atoms with E-state index in [9.17, 15) is 14.4 Å². The van der Waals surface area contributed by atoms with Gasteiger partial charge in [-0.1, -0.05) is 54.6 Å². The molecular weight excluding hydrogens is 408 g/mol. The molecule has 32 heavy (non-hydrogen) atoms. The van der Waals surface area contributed by atoms with E-state index in [0.29, 0.717) is 11.3 Å². The number of rotatable bonds is 4. The van der Waals surface area contributed by atoms with Crippen molar-refractivity contribution in [3.8, 4) is 0 Å². The molecule has 0 saturated carbocycles. The van der Waals surface area contributed by atoms with Crippen LogP contribution in [0.3, 0.4) is 0 Å². The van der Waals surface area contributed by atoms with E-state index < -0.39 is 29.4 Å². The Hall–Kier alpha value is -3.87. The molecule has 2 heterocycles. The van der Waals surface area contributed by atoms with Crippen molar-refractivity contribution in [1.82, 2.24) is 5.01 Å². The molecule has 7 heteroatoms. The summed E-state index contributed by atoms with van der Waals surface area (Å²) in [7, 11) is 2.48. The number of fused-ring (bicyclic) bond motifs is 3. The summed E-state index contributed by atoms with van der Waals surface area (Å²) in [6.07, 6.45) is 5.14. The minimum atomic E-state index is -1.68. The molecule has 0 N–H and O–H groups in total. The van der Waals surface area contributed by atoms with Crippen LogP contribution in [0.4, 0.5) is 5.69 Å². The molecule has 4 rings (SSSR count). The molecule has 2 aromatic rings. The molecule has 2 aliphatic heterocycles. The van der Waals surface area contributed by atoms with E-state index in [0.717, 1.165) is 5.56 Å². The highest BCUT2D eigenvalue weighted by Gasteiger charge is 2.62. The lowest BCUT2D eigenvalue weighted by atomic mass is 9.71. The number of para-hydroxylation sites is 1. The van der Waals surface area contributed by atoms with E-state index in [1.165, 1.54) is 14.2 Å². The van der Waals surface area contributed by atoms with Crippen LogP contribution in [-0.2, 0) is 19.1 Å². The van der Waals surface area contributed by atoms with Crippen LogP contribution in [0.5, 0.6) is 0 Å². The first-order chi connectivity index (χ1) is 15.5. The molecule has 2 aliphatic rings. The second-order valence-corrected chi connectivity index (χ2v) is 7.68. The molecule has 0 radical (unpaired) electrons. The summed E-state index contributed by atoms with van der Waals surface area (Å²) < 4.78 is 10.2. The fraction of sp³-hybridized carbons (Fsp3) is 0.240. The van der Waals surface area contributed by atoms with Crippen LogP contribution in [0.15, 0.2) is 73.3 Å². The lowest BCUT2D eigenvalue weighted by Crippen LogP contribution is -2.70. The normalized spacial score (nSPS) is 20.6. The minimum absolute atomic E-state index is 0.0257. The number of amides is 1. The first kappa shape index (κ1) is 21.4. The average Bonchev–Trinajstić information content (AvgIpc) is 2.86. The number of hydrazine groups is 1. The molecule has 1 saturated heterocycles. The molecule has 0 unspecified atom stereocenters. The Morgan fingerprint density at radius 3 is 2.25 bits per heavy atom. The van der Waals surface area contributed by atoms with Gasteiger partial charge in [0, 0.05) is 12.0 Å². The molecule has 2 atom stereocenters. The zero-order chi connectivity index (χ0) is 22.9. The molecule has 164 valence electrons. The van der Waals surface area contributed by atoms with Gasteiger partial charge in [0.1, 0.15) is 0 Å². The van der Waals surface area contributed by atoms with Crippen molar-refractivity contribution >= 4 is 29.6 Å². The fourth-order valence-electron chi connectivity index (χ4n) is 4.58. The summed E-state index contributed by atoms with van der Waals surface area (Å²) >= 11 is 0. The van der Waals surface area contributed by atoms with E-state index in [2.05, 4.69) is 6.58 Å². The van der Waals surface area contributed by atoms with Crippen molar-refractivity contribution in [2.75, 3.05) is 19.2 Å². The first-order valence-electron chi connectivity index (χ1n) is 10.2. The topological polar surface area (TPSA) is 76.2 Å². The van der Waals surface area contributed by atoms with E-state index >= 15 is 0 Å². The minimum Gasteiger partial charge on any atom is -0.468 e. The van der Waals surface area contributed by atoms with E-state index in [1.54, 1.807) is 46.4 Å². The van der Waals surface area contributed by atoms with Gasteiger partial charge in [0.05, 0.1) is 32.0 Å². The van der Waals surface area contributed by atoms with E-state index in [-0.39, 0.29) is 12.3 Å². The summed E-state index contributed by atoms with van der Waals surface area (Å²) in [4.78, 5) is 40.0. The number of benzene rings is 2. The predicted octanol–water partition coefficient (Wildman–Crippen LogP) is 3.24. The fourth-order valence-corrected chi connectivity index (χ4v) is 4.58. The number of esters is 2. The molecule has 7 nitrogen and oxygen atoms in total. The number of anilines is 1. The first-order valence-corrected chi connectivity index (χ1v) is 10.2. The number of hydrogen-bond donors (Lipinski definition) is 0. The standard InChI is InChI=1S/C25H24N2O5/c1-4-19-16-25(23(29)31-2,24(30)32-3)21-15-14-17-10-8-9-13-20(17)27(21)26(19)22(28)18-11-6-5-7-12-18/h4-15,19,21H,1,16H2,2-3H3/t19-,21-/m0/s1. The maximum absolute atomic E-state index is 13.7.